The van der Waals surface area contributed by atoms with Crippen LogP contribution in [0.2, 0.25) is 0 Å². The Morgan fingerprint density at radius 1 is 1.28 bits per heavy atom. The molecular weight excluding hydrogens is 234 g/mol. The van der Waals surface area contributed by atoms with E-state index in [1.54, 1.807) is 7.11 Å². The molecule has 18 heavy (non-hydrogen) atoms. The molecule has 0 fully saturated rings. The van der Waals surface area contributed by atoms with Crippen molar-refractivity contribution in [2.24, 2.45) is 0 Å². The minimum absolute atomic E-state index is 0.0689. The van der Waals surface area contributed by atoms with Crippen LogP contribution in [-0.2, 0) is 11.3 Å². The highest BCUT2D eigenvalue weighted by Gasteiger charge is 2.03. The van der Waals surface area contributed by atoms with Crippen molar-refractivity contribution in [2.45, 2.75) is 12.7 Å². The zero-order valence-corrected chi connectivity index (χ0v) is 10.6. The Kier molecular flexibility index (Phi) is 7.36. The van der Waals surface area contributed by atoms with Gasteiger partial charge in [0.2, 0.25) is 0 Å². The SMILES string of the molecule is COc1ccc(COC[C@@H](O)CNCCO)cc1. The molecule has 5 heteroatoms. The number of nitrogens with one attached hydrogen (secondary N) is 1. The molecule has 0 unspecified atom stereocenters. The number of ether oxygens (including phenoxy) is 2. The molecule has 0 aliphatic heterocycles. The van der Waals surface area contributed by atoms with E-state index in [4.69, 9.17) is 14.6 Å². The van der Waals surface area contributed by atoms with Gasteiger partial charge in [-0.3, -0.25) is 0 Å². The maximum atomic E-state index is 9.55. The van der Waals surface area contributed by atoms with Gasteiger partial charge in [0, 0.05) is 13.1 Å². The van der Waals surface area contributed by atoms with E-state index in [1.807, 2.05) is 24.3 Å². The predicted octanol–water partition coefficient (Wildman–Crippen LogP) is 0.155. The second kappa shape index (κ2) is 8.88. The number of aliphatic hydroxyl groups is 2. The maximum Gasteiger partial charge on any atom is 0.118 e. The van der Waals surface area contributed by atoms with Crippen LogP contribution in [0.5, 0.6) is 5.75 Å². The summed E-state index contributed by atoms with van der Waals surface area (Å²) in [6, 6.07) is 7.60. The summed E-state index contributed by atoms with van der Waals surface area (Å²) in [6.07, 6.45) is -0.560. The lowest BCUT2D eigenvalue weighted by molar-refractivity contribution is 0.0285. The monoisotopic (exact) mass is 255 g/mol. The fourth-order valence-electron chi connectivity index (χ4n) is 1.44. The molecule has 1 aromatic rings. The standard InChI is InChI=1S/C13H21NO4/c1-17-13-4-2-11(3-5-13)9-18-10-12(16)8-14-6-7-15/h2-5,12,14-16H,6-10H2,1H3/t12-/m0/s1. The van der Waals surface area contributed by atoms with Gasteiger partial charge in [-0.15, -0.1) is 0 Å². The summed E-state index contributed by atoms with van der Waals surface area (Å²) in [6.45, 7) is 1.70. The second-order valence-corrected chi connectivity index (χ2v) is 3.94. The fraction of sp³-hybridized carbons (Fsp3) is 0.538. The number of hydrogen-bond acceptors (Lipinski definition) is 5. The summed E-state index contributed by atoms with van der Waals surface area (Å²) >= 11 is 0. The number of rotatable bonds is 9. The number of methoxy groups -OCH3 is 1. The molecule has 0 aromatic heterocycles. The first kappa shape index (κ1) is 14.9. The summed E-state index contributed by atoms with van der Waals surface area (Å²) in [4.78, 5) is 0. The number of benzene rings is 1. The molecule has 5 nitrogen and oxygen atoms in total. The Morgan fingerprint density at radius 2 is 2.00 bits per heavy atom. The van der Waals surface area contributed by atoms with E-state index in [-0.39, 0.29) is 13.2 Å². The predicted molar refractivity (Wildman–Crippen MR) is 68.6 cm³/mol. The average Bonchev–Trinajstić information content (AvgIpc) is 2.40. The second-order valence-electron chi connectivity index (χ2n) is 3.94. The van der Waals surface area contributed by atoms with Crippen LogP contribution in [0.25, 0.3) is 0 Å². The van der Waals surface area contributed by atoms with Crippen LogP contribution < -0.4 is 10.1 Å². The van der Waals surface area contributed by atoms with Crippen molar-refractivity contribution in [1.82, 2.24) is 5.32 Å². The molecular formula is C13H21NO4. The van der Waals surface area contributed by atoms with Gasteiger partial charge in [0.1, 0.15) is 5.75 Å². The summed E-state index contributed by atoms with van der Waals surface area (Å²) < 4.78 is 10.4. The van der Waals surface area contributed by atoms with Crippen LogP contribution in [-0.4, -0.2) is 49.7 Å². The van der Waals surface area contributed by atoms with Gasteiger partial charge in [-0.05, 0) is 17.7 Å². The van der Waals surface area contributed by atoms with Crippen LogP contribution in [0.3, 0.4) is 0 Å². The molecule has 1 atom stereocenters. The highest BCUT2D eigenvalue weighted by Crippen LogP contribution is 2.11. The van der Waals surface area contributed by atoms with Crippen LogP contribution in [0.4, 0.5) is 0 Å². The number of aliphatic hydroxyl groups excluding tert-OH is 2. The molecule has 0 aliphatic rings. The Balaban J connectivity index is 2.16. The van der Waals surface area contributed by atoms with Crippen molar-refractivity contribution in [3.63, 3.8) is 0 Å². The molecule has 0 spiro atoms. The molecule has 0 saturated heterocycles. The Labute approximate surface area is 107 Å². The van der Waals surface area contributed by atoms with Crippen molar-refractivity contribution >= 4 is 0 Å². The largest absolute Gasteiger partial charge is 0.497 e. The first-order valence-corrected chi connectivity index (χ1v) is 5.96. The van der Waals surface area contributed by atoms with Crippen LogP contribution in [0.15, 0.2) is 24.3 Å². The summed E-state index contributed by atoms with van der Waals surface area (Å²) in [5.41, 5.74) is 1.03. The third kappa shape index (κ3) is 5.97. The normalized spacial score (nSPS) is 12.4. The third-order valence-corrected chi connectivity index (χ3v) is 2.41. The highest BCUT2D eigenvalue weighted by atomic mass is 16.5. The molecule has 0 bridgehead atoms. The van der Waals surface area contributed by atoms with Gasteiger partial charge < -0.3 is 25.0 Å². The van der Waals surface area contributed by atoms with Gasteiger partial charge in [-0.25, -0.2) is 0 Å². The summed E-state index contributed by atoms with van der Waals surface area (Å²) in [7, 11) is 1.63. The lowest BCUT2D eigenvalue weighted by Gasteiger charge is -2.12. The molecule has 0 saturated carbocycles. The Bertz CT molecular complexity index is 315. The molecule has 102 valence electrons. The average molecular weight is 255 g/mol. The van der Waals surface area contributed by atoms with Crippen molar-refractivity contribution in [3.05, 3.63) is 29.8 Å². The van der Waals surface area contributed by atoms with Crippen LogP contribution in [0, 0.1) is 0 Å². The lowest BCUT2D eigenvalue weighted by Crippen LogP contribution is -2.32. The van der Waals surface area contributed by atoms with Gasteiger partial charge in [0.25, 0.3) is 0 Å². The van der Waals surface area contributed by atoms with Gasteiger partial charge in [-0.1, -0.05) is 12.1 Å². The lowest BCUT2D eigenvalue weighted by atomic mass is 10.2. The molecule has 0 radical (unpaired) electrons. The van der Waals surface area contributed by atoms with Crippen molar-refractivity contribution in [2.75, 3.05) is 33.4 Å². The third-order valence-electron chi connectivity index (χ3n) is 2.41. The molecule has 3 N–H and O–H groups in total. The van der Waals surface area contributed by atoms with Gasteiger partial charge in [-0.2, -0.15) is 0 Å². The zero-order valence-electron chi connectivity index (χ0n) is 10.6. The first-order valence-electron chi connectivity index (χ1n) is 5.96. The van der Waals surface area contributed by atoms with Gasteiger partial charge in [0.15, 0.2) is 0 Å². The smallest absolute Gasteiger partial charge is 0.118 e. The molecule has 0 amide bonds. The van der Waals surface area contributed by atoms with Crippen LogP contribution in [0.1, 0.15) is 5.56 Å². The maximum absolute atomic E-state index is 9.55. The van der Waals surface area contributed by atoms with Gasteiger partial charge >= 0.3 is 0 Å². The fourth-order valence-corrected chi connectivity index (χ4v) is 1.44. The minimum Gasteiger partial charge on any atom is -0.497 e. The molecule has 0 heterocycles. The van der Waals surface area contributed by atoms with E-state index in [9.17, 15) is 5.11 Å². The van der Waals surface area contributed by atoms with Gasteiger partial charge in [0.05, 0.1) is 33.0 Å². The Morgan fingerprint density at radius 3 is 2.61 bits per heavy atom. The minimum atomic E-state index is -0.560. The van der Waals surface area contributed by atoms with Crippen LogP contribution >= 0.6 is 0 Å². The van der Waals surface area contributed by atoms with Crippen molar-refractivity contribution < 1.29 is 19.7 Å². The van der Waals surface area contributed by atoms with E-state index in [0.29, 0.717) is 19.7 Å². The first-order chi connectivity index (χ1) is 8.76. The molecule has 1 aromatic carbocycles. The highest BCUT2D eigenvalue weighted by molar-refractivity contribution is 5.26. The quantitative estimate of drug-likeness (QED) is 0.548. The molecule has 1 rings (SSSR count). The van der Waals surface area contributed by atoms with E-state index in [0.717, 1.165) is 11.3 Å². The molecule has 0 aliphatic carbocycles. The van der Waals surface area contributed by atoms with E-state index in [2.05, 4.69) is 5.32 Å². The van der Waals surface area contributed by atoms with E-state index < -0.39 is 6.10 Å². The Hall–Kier alpha value is -1.14. The summed E-state index contributed by atoms with van der Waals surface area (Å²) in [5.74, 6) is 0.812. The number of hydrogen-bond donors (Lipinski definition) is 3. The topological polar surface area (TPSA) is 71.0 Å². The zero-order chi connectivity index (χ0) is 13.2. The van der Waals surface area contributed by atoms with E-state index in [1.165, 1.54) is 0 Å². The van der Waals surface area contributed by atoms with E-state index >= 15 is 0 Å². The summed E-state index contributed by atoms with van der Waals surface area (Å²) in [5, 5.41) is 21.0. The van der Waals surface area contributed by atoms with Crippen molar-refractivity contribution in [3.8, 4) is 5.75 Å². The van der Waals surface area contributed by atoms with Crippen molar-refractivity contribution in [1.29, 1.82) is 0 Å².